The van der Waals surface area contributed by atoms with E-state index in [-0.39, 0.29) is 5.41 Å². The molecule has 1 N–H and O–H groups in total. The van der Waals surface area contributed by atoms with Crippen LogP contribution in [0.4, 0.5) is 5.69 Å². The molecule has 0 aliphatic carbocycles. The van der Waals surface area contributed by atoms with Gasteiger partial charge in [-0.2, -0.15) is 0 Å². The fraction of sp³-hybridized carbons (Fsp3) is 0.500. The first-order chi connectivity index (χ1) is 13.3. The Morgan fingerprint density at radius 1 is 0.929 bits per heavy atom. The molecule has 2 aromatic rings. The number of rotatable bonds is 6. The zero-order chi connectivity index (χ0) is 20.1. The maximum Gasteiger partial charge on any atom is 0.119 e. The van der Waals surface area contributed by atoms with Gasteiger partial charge >= 0.3 is 0 Å². The van der Waals surface area contributed by atoms with Gasteiger partial charge in [-0.1, -0.05) is 50.6 Å². The summed E-state index contributed by atoms with van der Waals surface area (Å²) in [5.41, 5.74) is 4.00. The summed E-state index contributed by atoms with van der Waals surface area (Å²) < 4.78 is 5.79. The summed E-state index contributed by atoms with van der Waals surface area (Å²) in [6, 6.07) is 16.9. The van der Waals surface area contributed by atoms with Crippen LogP contribution in [-0.4, -0.2) is 55.4 Å². The van der Waals surface area contributed by atoms with Gasteiger partial charge in [0.2, 0.25) is 0 Å². The molecule has 0 unspecified atom stereocenters. The lowest BCUT2D eigenvalue weighted by Crippen LogP contribution is -2.49. The van der Waals surface area contributed by atoms with E-state index in [0.29, 0.717) is 13.2 Å². The van der Waals surface area contributed by atoms with Gasteiger partial charge in [-0.3, -0.25) is 4.90 Å². The molecule has 1 heterocycles. The van der Waals surface area contributed by atoms with E-state index in [1.54, 1.807) is 0 Å². The Labute approximate surface area is 169 Å². The quantitative estimate of drug-likeness (QED) is 0.823. The maximum absolute atomic E-state index is 10.4. The zero-order valence-corrected chi connectivity index (χ0v) is 17.7. The van der Waals surface area contributed by atoms with Crippen molar-refractivity contribution in [2.24, 2.45) is 0 Å². The molecule has 152 valence electrons. The Morgan fingerprint density at radius 3 is 2.11 bits per heavy atom. The number of aliphatic hydroxyl groups excluding tert-OH is 1. The maximum atomic E-state index is 10.4. The van der Waals surface area contributed by atoms with Crippen LogP contribution in [0.15, 0.2) is 48.5 Å². The molecule has 1 atom stereocenters. The molecule has 0 spiro atoms. The number of piperazine rings is 1. The standard InChI is InChI=1S/C24H34N2O2/c1-19-5-9-21(10-6-19)26-15-13-25(14-16-26)17-22(27)18-28-23-11-7-20(8-12-23)24(2,3)4/h5-12,22,27H,13-18H2,1-4H3/t22-/m0/s1. The minimum atomic E-state index is -0.479. The highest BCUT2D eigenvalue weighted by Crippen LogP contribution is 2.24. The fourth-order valence-electron chi connectivity index (χ4n) is 3.54. The number of ether oxygens (including phenoxy) is 1. The molecule has 4 heteroatoms. The average molecular weight is 383 g/mol. The Hall–Kier alpha value is -2.04. The van der Waals surface area contributed by atoms with Crippen molar-refractivity contribution in [3.8, 4) is 5.75 Å². The normalized spacial score (nSPS) is 16.8. The van der Waals surface area contributed by atoms with E-state index >= 15 is 0 Å². The van der Waals surface area contributed by atoms with Gasteiger partial charge in [0.15, 0.2) is 0 Å². The van der Waals surface area contributed by atoms with Crippen LogP contribution in [0.3, 0.4) is 0 Å². The van der Waals surface area contributed by atoms with E-state index in [4.69, 9.17) is 4.74 Å². The van der Waals surface area contributed by atoms with Crippen LogP contribution in [0.25, 0.3) is 0 Å². The summed E-state index contributed by atoms with van der Waals surface area (Å²) in [7, 11) is 0. The number of aliphatic hydroxyl groups is 1. The molecule has 1 aliphatic rings. The number of anilines is 1. The summed E-state index contributed by atoms with van der Waals surface area (Å²) >= 11 is 0. The summed E-state index contributed by atoms with van der Waals surface area (Å²) in [6.45, 7) is 13.6. The van der Waals surface area contributed by atoms with Gasteiger partial charge in [0.25, 0.3) is 0 Å². The molecule has 0 bridgehead atoms. The number of aryl methyl sites for hydroxylation is 1. The van der Waals surface area contributed by atoms with Crippen LogP contribution in [0.5, 0.6) is 5.75 Å². The molecule has 3 rings (SSSR count). The molecule has 0 amide bonds. The highest BCUT2D eigenvalue weighted by molar-refractivity contribution is 5.47. The number of β-amino-alcohol motifs (C(OH)–C–C–N with tert-alkyl or cyclic N) is 1. The Balaban J connectivity index is 1.41. The van der Waals surface area contributed by atoms with Crippen molar-refractivity contribution >= 4 is 5.69 Å². The predicted molar refractivity (Wildman–Crippen MR) is 116 cm³/mol. The number of benzene rings is 2. The fourth-order valence-corrected chi connectivity index (χ4v) is 3.54. The number of nitrogens with zero attached hydrogens (tertiary/aromatic N) is 2. The van der Waals surface area contributed by atoms with Crippen LogP contribution in [0.2, 0.25) is 0 Å². The third-order valence-electron chi connectivity index (χ3n) is 5.40. The van der Waals surface area contributed by atoms with Crippen molar-refractivity contribution in [2.45, 2.75) is 39.2 Å². The SMILES string of the molecule is Cc1ccc(N2CCN(C[C@H](O)COc3ccc(C(C)(C)C)cc3)CC2)cc1. The highest BCUT2D eigenvalue weighted by atomic mass is 16.5. The van der Waals surface area contributed by atoms with E-state index in [2.05, 4.69) is 73.9 Å². The van der Waals surface area contributed by atoms with Gasteiger partial charge in [-0.25, -0.2) is 0 Å². The predicted octanol–water partition coefficient (Wildman–Crippen LogP) is 3.85. The van der Waals surface area contributed by atoms with E-state index in [1.807, 2.05) is 12.1 Å². The molecular weight excluding hydrogens is 348 g/mol. The highest BCUT2D eigenvalue weighted by Gasteiger charge is 2.20. The zero-order valence-electron chi connectivity index (χ0n) is 17.7. The molecule has 1 aliphatic heterocycles. The topological polar surface area (TPSA) is 35.9 Å². The molecule has 0 saturated carbocycles. The van der Waals surface area contributed by atoms with Crippen LogP contribution in [0, 0.1) is 6.92 Å². The average Bonchev–Trinajstić information content (AvgIpc) is 2.67. The molecular formula is C24H34N2O2. The van der Waals surface area contributed by atoms with E-state index in [1.165, 1.54) is 16.8 Å². The van der Waals surface area contributed by atoms with Crippen molar-refractivity contribution in [1.82, 2.24) is 4.90 Å². The molecule has 1 fully saturated rings. The van der Waals surface area contributed by atoms with Crippen LogP contribution in [0.1, 0.15) is 31.9 Å². The van der Waals surface area contributed by atoms with Crippen molar-refractivity contribution in [2.75, 3.05) is 44.2 Å². The van der Waals surface area contributed by atoms with Crippen molar-refractivity contribution in [3.05, 3.63) is 59.7 Å². The second-order valence-corrected chi connectivity index (χ2v) is 8.86. The van der Waals surface area contributed by atoms with Crippen molar-refractivity contribution in [1.29, 1.82) is 0 Å². The third-order valence-corrected chi connectivity index (χ3v) is 5.40. The van der Waals surface area contributed by atoms with Crippen LogP contribution >= 0.6 is 0 Å². The van der Waals surface area contributed by atoms with Gasteiger partial charge in [0.05, 0.1) is 0 Å². The first-order valence-corrected chi connectivity index (χ1v) is 10.3. The summed E-state index contributed by atoms with van der Waals surface area (Å²) in [5.74, 6) is 0.816. The van der Waals surface area contributed by atoms with Crippen molar-refractivity contribution < 1.29 is 9.84 Å². The molecule has 4 nitrogen and oxygen atoms in total. The van der Waals surface area contributed by atoms with Gasteiger partial charge in [-0.05, 0) is 42.2 Å². The number of hydrogen-bond donors (Lipinski definition) is 1. The smallest absolute Gasteiger partial charge is 0.119 e. The lowest BCUT2D eigenvalue weighted by atomic mass is 9.87. The molecule has 28 heavy (non-hydrogen) atoms. The first kappa shape index (κ1) is 20.7. The summed E-state index contributed by atoms with van der Waals surface area (Å²) in [6.07, 6.45) is -0.479. The first-order valence-electron chi connectivity index (χ1n) is 10.3. The lowest BCUT2D eigenvalue weighted by molar-refractivity contribution is 0.0663. The van der Waals surface area contributed by atoms with Crippen LogP contribution < -0.4 is 9.64 Å². The molecule has 2 aromatic carbocycles. The molecule has 1 saturated heterocycles. The molecule has 0 aromatic heterocycles. The summed E-state index contributed by atoms with van der Waals surface area (Å²) in [4.78, 5) is 4.73. The van der Waals surface area contributed by atoms with Gasteiger partial charge in [-0.15, -0.1) is 0 Å². The largest absolute Gasteiger partial charge is 0.491 e. The second kappa shape index (κ2) is 8.97. The minimum absolute atomic E-state index is 0.138. The van der Waals surface area contributed by atoms with Gasteiger partial charge < -0.3 is 14.7 Å². The number of hydrogen-bond acceptors (Lipinski definition) is 4. The van der Waals surface area contributed by atoms with E-state index in [9.17, 15) is 5.11 Å². The Bertz CT molecular complexity index is 727. The minimum Gasteiger partial charge on any atom is -0.491 e. The third kappa shape index (κ3) is 5.73. The van der Waals surface area contributed by atoms with Crippen LogP contribution in [-0.2, 0) is 5.41 Å². The lowest BCUT2D eigenvalue weighted by Gasteiger charge is -2.36. The monoisotopic (exact) mass is 382 g/mol. The van der Waals surface area contributed by atoms with E-state index < -0.39 is 6.10 Å². The van der Waals surface area contributed by atoms with Gasteiger partial charge in [0, 0.05) is 38.4 Å². The Kier molecular flexibility index (Phi) is 6.63. The Morgan fingerprint density at radius 2 is 1.54 bits per heavy atom. The van der Waals surface area contributed by atoms with Gasteiger partial charge in [0.1, 0.15) is 18.5 Å². The van der Waals surface area contributed by atoms with Crippen molar-refractivity contribution in [3.63, 3.8) is 0 Å². The molecule has 0 radical (unpaired) electrons. The second-order valence-electron chi connectivity index (χ2n) is 8.86. The van der Waals surface area contributed by atoms with E-state index in [0.717, 1.165) is 31.9 Å². The summed E-state index contributed by atoms with van der Waals surface area (Å²) in [5, 5.41) is 10.4.